The first kappa shape index (κ1) is 13.9. The molecule has 0 aliphatic carbocycles. The molecule has 1 unspecified atom stereocenters. The van der Waals surface area contributed by atoms with Crippen molar-refractivity contribution in [3.8, 4) is 0 Å². The molecule has 0 amide bonds. The third kappa shape index (κ3) is 2.27. The van der Waals surface area contributed by atoms with Gasteiger partial charge in [-0.15, -0.1) is 21.5 Å². The second-order valence-corrected chi connectivity index (χ2v) is 5.99. The van der Waals surface area contributed by atoms with Crippen LogP contribution in [0, 0.1) is 6.92 Å². The van der Waals surface area contributed by atoms with Crippen molar-refractivity contribution in [2.75, 3.05) is 0 Å². The maximum atomic E-state index is 12.6. The Balaban J connectivity index is 2.09. The smallest absolute Gasteiger partial charge is 0.271 e. The van der Waals surface area contributed by atoms with E-state index in [1.165, 1.54) is 11.3 Å². The molecule has 21 heavy (non-hydrogen) atoms. The summed E-state index contributed by atoms with van der Waals surface area (Å²) in [4.78, 5) is 17.0. The van der Waals surface area contributed by atoms with Crippen molar-refractivity contribution in [3.63, 3.8) is 0 Å². The average molecular weight is 303 g/mol. The molecular formula is C14H17N5OS. The van der Waals surface area contributed by atoms with Gasteiger partial charge >= 0.3 is 0 Å². The Morgan fingerprint density at radius 2 is 2.19 bits per heavy atom. The molecule has 0 fully saturated rings. The molecule has 3 aromatic heterocycles. The Kier molecular flexibility index (Phi) is 3.59. The van der Waals surface area contributed by atoms with Gasteiger partial charge in [-0.05, 0) is 31.2 Å². The highest BCUT2D eigenvalue weighted by Crippen LogP contribution is 2.21. The van der Waals surface area contributed by atoms with Crippen molar-refractivity contribution in [1.29, 1.82) is 0 Å². The molecule has 7 heteroatoms. The number of aromatic nitrogens is 5. The van der Waals surface area contributed by atoms with Gasteiger partial charge in [0.05, 0.1) is 17.9 Å². The molecule has 0 bridgehead atoms. The molecule has 3 aromatic rings. The van der Waals surface area contributed by atoms with Crippen LogP contribution in [0.15, 0.2) is 22.8 Å². The minimum atomic E-state index is -0.189. The van der Waals surface area contributed by atoms with Gasteiger partial charge < -0.3 is 4.57 Å². The van der Waals surface area contributed by atoms with Gasteiger partial charge in [0.2, 0.25) is 0 Å². The molecular weight excluding hydrogens is 286 g/mol. The summed E-state index contributed by atoms with van der Waals surface area (Å²) >= 11 is 1.45. The van der Waals surface area contributed by atoms with Gasteiger partial charge in [-0.25, -0.2) is 4.98 Å². The lowest BCUT2D eigenvalue weighted by Crippen LogP contribution is -2.25. The van der Waals surface area contributed by atoms with Gasteiger partial charge in [-0.2, -0.15) is 0 Å². The molecule has 6 nitrogen and oxygen atoms in total. The molecule has 0 aromatic carbocycles. The lowest BCUT2D eigenvalue weighted by Gasteiger charge is -2.15. The zero-order chi connectivity index (χ0) is 15.0. The Bertz CT molecular complexity index is 831. The zero-order valence-corrected chi connectivity index (χ0v) is 13.1. The van der Waals surface area contributed by atoms with E-state index < -0.39 is 0 Å². The molecule has 0 spiro atoms. The number of rotatable bonds is 4. The van der Waals surface area contributed by atoms with Crippen molar-refractivity contribution >= 4 is 21.6 Å². The maximum Gasteiger partial charge on any atom is 0.271 e. The van der Waals surface area contributed by atoms with E-state index in [1.807, 2.05) is 23.8 Å². The van der Waals surface area contributed by atoms with Crippen LogP contribution in [0.5, 0.6) is 0 Å². The van der Waals surface area contributed by atoms with Crippen molar-refractivity contribution in [1.82, 2.24) is 24.3 Å². The summed E-state index contributed by atoms with van der Waals surface area (Å²) < 4.78 is 4.32. The third-order valence-electron chi connectivity index (χ3n) is 3.58. The van der Waals surface area contributed by atoms with Crippen molar-refractivity contribution in [3.05, 3.63) is 39.8 Å². The van der Waals surface area contributed by atoms with E-state index in [9.17, 15) is 4.79 Å². The van der Waals surface area contributed by atoms with E-state index in [-0.39, 0.29) is 11.6 Å². The Labute approximate surface area is 126 Å². The SMILES string of the molecule is CCCn1cnnc1C(C)n1cnc2c(C)csc2c1=O. The minimum Gasteiger partial charge on any atom is -0.316 e. The molecule has 0 aliphatic heterocycles. The number of hydrogen-bond acceptors (Lipinski definition) is 5. The van der Waals surface area contributed by atoms with E-state index >= 15 is 0 Å². The van der Waals surface area contributed by atoms with E-state index in [2.05, 4.69) is 22.1 Å². The van der Waals surface area contributed by atoms with Crippen LogP contribution < -0.4 is 5.56 Å². The van der Waals surface area contributed by atoms with Gasteiger partial charge in [0.1, 0.15) is 11.0 Å². The summed E-state index contributed by atoms with van der Waals surface area (Å²) in [5, 5.41) is 10.1. The topological polar surface area (TPSA) is 65.6 Å². The molecule has 0 saturated heterocycles. The molecule has 0 radical (unpaired) electrons. The van der Waals surface area contributed by atoms with Crippen LogP contribution in [-0.4, -0.2) is 24.3 Å². The fraction of sp³-hybridized carbons (Fsp3) is 0.429. The largest absolute Gasteiger partial charge is 0.316 e. The Morgan fingerprint density at radius 3 is 2.95 bits per heavy atom. The fourth-order valence-corrected chi connectivity index (χ4v) is 3.38. The predicted octanol–water partition coefficient (Wildman–Crippen LogP) is 2.38. The molecule has 110 valence electrons. The monoisotopic (exact) mass is 303 g/mol. The minimum absolute atomic E-state index is 0.0170. The summed E-state index contributed by atoms with van der Waals surface area (Å²) in [6, 6.07) is -0.189. The molecule has 0 saturated carbocycles. The van der Waals surface area contributed by atoms with Crippen molar-refractivity contribution in [2.24, 2.45) is 0 Å². The van der Waals surface area contributed by atoms with Crippen LogP contribution in [-0.2, 0) is 6.54 Å². The van der Waals surface area contributed by atoms with Crippen LogP contribution in [0.1, 0.15) is 37.7 Å². The highest BCUT2D eigenvalue weighted by Gasteiger charge is 2.18. The first-order valence-corrected chi connectivity index (χ1v) is 7.84. The molecule has 1 atom stereocenters. The second-order valence-electron chi connectivity index (χ2n) is 5.11. The van der Waals surface area contributed by atoms with E-state index in [0.717, 1.165) is 29.9 Å². The van der Waals surface area contributed by atoms with Crippen molar-refractivity contribution < 1.29 is 0 Å². The normalized spacial score (nSPS) is 12.9. The summed E-state index contributed by atoms with van der Waals surface area (Å²) in [6.45, 7) is 6.86. The van der Waals surface area contributed by atoms with E-state index in [1.54, 1.807) is 17.2 Å². The highest BCUT2D eigenvalue weighted by molar-refractivity contribution is 7.17. The first-order valence-electron chi connectivity index (χ1n) is 6.96. The summed E-state index contributed by atoms with van der Waals surface area (Å²) in [5.41, 5.74) is 1.82. The number of aryl methyl sites for hydroxylation is 2. The number of hydrogen-bond donors (Lipinski definition) is 0. The number of thiophene rings is 1. The van der Waals surface area contributed by atoms with E-state index in [0.29, 0.717) is 4.70 Å². The van der Waals surface area contributed by atoms with Gasteiger partial charge in [-0.1, -0.05) is 6.92 Å². The van der Waals surface area contributed by atoms with Crippen LogP contribution >= 0.6 is 11.3 Å². The van der Waals surface area contributed by atoms with Crippen LogP contribution in [0.4, 0.5) is 0 Å². The van der Waals surface area contributed by atoms with E-state index in [4.69, 9.17) is 0 Å². The zero-order valence-electron chi connectivity index (χ0n) is 12.3. The molecule has 3 rings (SSSR count). The predicted molar refractivity (Wildman–Crippen MR) is 82.7 cm³/mol. The lowest BCUT2D eigenvalue weighted by molar-refractivity contribution is 0.525. The summed E-state index contributed by atoms with van der Waals surface area (Å²) in [7, 11) is 0. The van der Waals surface area contributed by atoms with Gasteiger partial charge in [-0.3, -0.25) is 9.36 Å². The number of fused-ring (bicyclic) bond motifs is 1. The Morgan fingerprint density at radius 1 is 1.38 bits per heavy atom. The summed E-state index contributed by atoms with van der Waals surface area (Å²) in [6.07, 6.45) is 4.32. The maximum absolute atomic E-state index is 12.6. The standard InChI is InChI=1S/C14H17N5OS/c1-4-5-18-8-16-17-13(18)10(3)19-7-15-11-9(2)6-21-12(11)14(19)20/h6-8,10H,4-5H2,1-3H3. The van der Waals surface area contributed by atoms with Crippen LogP contribution in [0.3, 0.4) is 0 Å². The molecule has 0 N–H and O–H groups in total. The van der Waals surface area contributed by atoms with Crippen LogP contribution in [0.25, 0.3) is 10.2 Å². The number of nitrogens with zero attached hydrogens (tertiary/aromatic N) is 5. The highest BCUT2D eigenvalue weighted by atomic mass is 32.1. The Hall–Kier alpha value is -2.02. The average Bonchev–Trinajstić information content (AvgIpc) is 3.07. The van der Waals surface area contributed by atoms with Gasteiger partial charge in [0.15, 0.2) is 5.82 Å². The third-order valence-corrected chi connectivity index (χ3v) is 4.66. The van der Waals surface area contributed by atoms with Crippen molar-refractivity contribution in [2.45, 2.75) is 39.8 Å². The second kappa shape index (κ2) is 5.40. The fourth-order valence-electron chi connectivity index (χ4n) is 2.44. The van der Waals surface area contributed by atoms with Gasteiger partial charge in [0.25, 0.3) is 5.56 Å². The molecule has 0 aliphatic rings. The summed E-state index contributed by atoms with van der Waals surface area (Å²) in [5.74, 6) is 0.786. The molecule has 3 heterocycles. The first-order chi connectivity index (χ1) is 10.1. The lowest BCUT2D eigenvalue weighted by atomic mass is 10.3. The quantitative estimate of drug-likeness (QED) is 0.742. The van der Waals surface area contributed by atoms with Crippen LogP contribution in [0.2, 0.25) is 0 Å². The van der Waals surface area contributed by atoms with Gasteiger partial charge in [0, 0.05) is 6.54 Å².